The number of anilines is 1. The number of carbonyl (C=O) groups is 1. The molecule has 0 spiro atoms. The second kappa shape index (κ2) is 2.66. The maximum absolute atomic E-state index is 11.0. The summed E-state index contributed by atoms with van der Waals surface area (Å²) >= 11 is 0. The number of H-pyrrole nitrogens is 1. The first-order valence-corrected chi connectivity index (χ1v) is 3.99. The standard InChI is InChI=1S/C9H9N3O2/c10-8-7(9(11)14)5-3-4(13)1-2-6(5)12-8/h1-3,12-13H,10H2,(H2,11,14). The average molecular weight is 191 g/mol. The minimum absolute atomic E-state index is 0.0685. The van der Waals surface area contributed by atoms with Crippen molar-refractivity contribution in [3.05, 3.63) is 23.8 Å². The number of hydrogen-bond donors (Lipinski definition) is 4. The molecule has 1 amide bonds. The largest absolute Gasteiger partial charge is 0.508 e. The summed E-state index contributed by atoms with van der Waals surface area (Å²) in [5, 5.41) is 9.78. The summed E-state index contributed by atoms with van der Waals surface area (Å²) < 4.78 is 0. The molecular weight excluding hydrogens is 182 g/mol. The molecule has 0 saturated carbocycles. The molecular formula is C9H9N3O2. The maximum Gasteiger partial charge on any atom is 0.253 e. The number of rotatable bonds is 1. The highest BCUT2D eigenvalue weighted by atomic mass is 16.3. The molecule has 14 heavy (non-hydrogen) atoms. The van der Waals surface area contributed by atoms with Crippen LogP contribution in [0.1, 0.15) is 10.4 Å². The molecule has 1 heterocycles. The lowest BCUT2D eigenvalue weighted by Crippen LogP contribution is -2.12. The van der Waals surface area contributed by atoms with Gasteiger partial charge in [0.25, 0.3) is 5.91 Å². The monoisotopic (exact) mass is 191 g/mol. The predicted molar refractivity (Wildman–Crippen MR) is 52.9 cm³/mol. The van der Waals surface area contributed by atoms with Gasteiger partial charge >= 0.3 is 0 Å². The smallest absolute Gasteiger partial charge is 0.253 e. The molecule has 2 aromatic rings. The first kappa shape index (κ1) is 8.43. The molecule has 0 unspecified atom stereocenters. The van der Waals surface area contributed by atoms with Crippen molar-refractivity contribution in [1.29, 1.82) is 0 Å². The van der Waals surface area contributed by atoms with Gasteiger partial charge in [-0.3, -0.25) is 4.79 Å². The fourth-order valence-electron chi connectivity index (χ4n) is 1.47. The number of nitrogen functional groups attached to an aromatic ring is 1. The third-order valence-corrected chi connectivity index (χ3v) is 2.06. The number of benzene rings is 1. The van der Waals surface area contributed by atoms with Crippen LogP contribution in [-0.4, -0.2) is 16.0 Å². The Morgan fingerprint density at radius 3 is 2.79 bits per heavy atom. The summed E-state index contributed by atoms with van der Waals surface area (Å²) in [5.41, 5.74) is 11.6. The average Bonchev–Trinajstić information content (AvgIpc) is 2.40. The number of aromatic hydroxyl groups is 1. The molecule has 0 atom stereocenters. The van der Waals surface area contributed by atoms with Crippen LogP contribution in [0, 0.1) is 0 Å². The zero-order valence-corrected chi connectivity index (χ0v) is 7.24. The molecule has 0 bridgehead atoms. The molecule has 6 N–H and O–H groups in total. The van der Waals surface area contributed by atoms with Crippen molar-refractivity contribution in [3.63, 3.8) is 0 Å². The molecule has 0 aliphatic carbocycles. The maximum atomic E-state index is 11.0. The van der Waals surface area contributed by atoms with E-state index >= 15 is 0 Å². The summed E-state index contributed by atoms with van der Waals surface area (Å²) in [4.78, 5) is 13.9. The Labute approximate surface area is 79.3 Å². The van der Waals surface area contributed by atoms with E-state index in [0.29, 0.717) is 10.9 Å². The summed E-state index contributed by atoms with van der Waals surface area (Å²) in [5.74, 6) is -0.323. The predicted octanol–water partition coefficient (Wildman–Crippen LogP) is 0.555. The van der Waals surface area contributed by atoms with E-state index in [2.05, 4.69) is 4.98 Å². The van der Waals surface area contributed by atoms with Gasteiger partial charge < -0.3 is 21.6 Å². The summed E-state index contributed by atoms with van der Waals surface area (Å²) in [7, 11) is 0. The molecule has 0 radical (unpaired) electrons. The highest BCUT2D eigenvalue weighted by Gasteiger charge is 2.13. The molecule has 0 fully saturated rings. The number of amides is 1. The van der Waals surface area contributed by atoms with Gasteiger partial charge in [0.15, 0.2) is 0 Å². The van der Waals surface area contributed by atoms with Crippen molar-refractivity contribution < 1.29 is 9.90 Å². The minimum Gasteiger partial charge on any atom is -0.508 e. The van der Waals surface area contributed by atoms with Gasteiger partial charge in [0.1, 0.15) is 11.6 Å². The fraction of sp³-hybridized carbons (Fsp3) is 0. The summed E-state index contributed by atoms with van der Waals surface area (Å²) in [6, 6.07) is 4.58. The van der Waals surface area contributed by atoms with Crippen LogP contribution >= 0.6 is 0 Å². The molecule has 2 rings (SSSR count). The summed E-state index contributed by atoms with van der Waals surface area (Å²) in [6.45, 7) is 0. The quantitative estimate of drug-likeness (QED) is 0.529. The number of aromatic nitrogens is 1. The number of nitrogens with two attached hydrogens (primary N) is 2. The lowest BCUT2D eigenvalue weighted by molar-refractivity contribution is 0.100. The number of carbonyl (C=O) groups excluding carboxylic acids is 1. The lowest BCUT2D eigenvalue weighted by atomic mass is 10.1. The van der Waals surface area contributed by atoms with Gasteiger partial charge in [-0.05, 0) is 18.2 Å². The summed E-state index contributed by atoms with van der Waals surface area (Å²) in [6.07, 6.45) is 0. The molecule has 72 valence electrons. The Morgan fingerprint density at radius 1 is 1.43 bits per heavy atom. The minimum atomic E-state index is -0.612. The number of phenols is 1. The molecule has 0 aliphatic heterocycles. The van der Waals surface area contributed by atoms with E-state index in [0.717, 1.165) is 0 Å². The van der Waals surface area contributed by atoms with E-state index in [1.807, 2.05) is 0 Å². The molecule has 5 heteroatoms. The van der Waals surface area contributed by atoms with Crippen LogP contribution in [0.2, 0.25) is 0 Å². The number of nitrogens with one attached hydrogen (secondary N) is 1. The van der Waals surface area contributed by atoms with E-state index < -0.39 is 5.91 Å². The van der Waals surface area contributed by atoms with Crippen LogP contribution in [-0.2, 0) is 0 Å². The van der Waals surface area contributed by atoms with Crippen molar-refractivity contribution >= 4 is 22.6 Å². The first-order chi connectivity index (χ1) is 6.59. The van der Waals surface area contributed by atoms with Gasteiger partial charge in [0, 0.05) is 10.9 Å². The number of aromatic amines is 1. The second-order valence-electron chi connectivity index (χ2n) is 3.01. The van der Waals surface area contributed by atoms with Gasteiger partial charge in [-0.1, -0.05) is 0 Å². The number of primary amides is 1. The van der Waals surface area contributed by atoms with Crippen molar-refractivity contribution in [2.75, 3.05) is 5.73 Å². The molecule has 1 aromatic heterocycles. The van der Waals surface area contributed by atoms with Crippen molar-refractivity contribution in [2.24, 2.45) is 5.73 Å². The Balaban J connectivity index is 2.86. The van der Waals surface area contributed by atoms with E-state index in [9.17, 15) is 9.90 Å². The van der Waals surface area contributed by atoms with Gasteiger partial charge in [-0.25, -0.2) is 0 Å². The number of hydrogen-bond acceptors (Lipinski definition) is 3. The molecule has 0 aliphatic rings. The molecule has 1 aromatic carbocycles. The van der Waals surface area contributed by atoms with Crippen molar-refractivity contribution in [3.8, 4) is 5.75 Å². The van der Waals surface area contributed by atoms with Gasteiger partial charge in [-0.2, -0.15) is 0 Å². The molecule has 0 saturated heterocycles. The van der Waals surface area contributed by atoms with E-state index in [1.165, 1.54) is 12.1 Å². The van der Waals surface area contributed by atoms with Crippen LogP contribution in [0.5, 0.6) is 5.75 Å². The van der Waals surface area contributed by atoms with Gasteiger partial charge in [-0.15, -0.1) is 0 Å². The highest BCUT2D eigenvalue weighted by Crippen LogP contribution is 2.26. The van der Waals surface area contributed by atoms with Gasteiger partial charge in [0.05, 0.1) is 5.56 Å². The van der Waals surface area contributed by atoms with Crippen LogP contribution in [0.3, 0.4) is 0 Å². The van der Waals surface area contributed by atoms with Crippen LogP contribution < -0.4 is 11.5 Å². The Bertz CT molecular complexity index is 516. The van der Waals surface area contributed by atoms with Crippen molar-refractivity contribution in [2.45, 2.75) is 0 Å². The second-order valence-corrected chi connectivity index (χ2v) is 3.01. The fourth-order valence-corrected chi connectivity index (χ4v) is 1.47. The highest BCUT2D eigenvalue weighted by molar-refractivity contribution is 6.10. The first-order valence-electron chi connectivity index (χ1n) is 3.99. The van der Waals surface area contributed by atoms with Crippen LogP contribution in [0.25, 0.3) is 10.9 Å². The normalized spacial score (nSPS) is 10.6. The van der Waals surface area contributed by atoms with Gasteiger partial charge in [0.2, 0.25) is 0 Å². The third-order valence-electron chi connectivity index (χ3n) is 2.06. The van der Waals surface area contributed by atoms with Crippen LogP contribution in [0.15, 0.2) is 18.2 Å². The Hall–Kier alpha value is -2.17. The third kappa shape index (κ3) is 1.06. The number of phenolic OH excluding ortho intramolecular Hbond substituents is 1. The zero-order valence-electron chi connectivity index (χ0n) is 7.24. The van der Waals surface area contributed by atoms with E-state index in [4.69, 9.17) is 11.5 Å². The topological polar surface area (TPSA) is 105 Å². The Kier molecular flexibility index (Phi) is 1.60. The van der Waals surface area contributed by atoms with Crippen molar-refractivity contribution in [1.82, 2.24) is 4.98 Å². The molecule has 5 nitrogen and oxygen atoms in total. The Morgan fingerprint density at radius 2 is 2.14 bits per heavy atom. The van der Waals surface area contributed by atoms with E-state index in [1.54, 1.807) is 6.07 Å². The lowest BCUT2D eigenvalue weighted by Gasteiger charge is -1.94. The SMILES string of the molecule is NC(=O)c1c(N)[nH]c2ccc(O)cc12. The van der Waals surface area contributed by atoms with Crippen LogP contribution in [0.4, 0.5) is 5.82 Å². The van der Waals surface area contributed by atoms with E-state index in [-0.39, 0.29) is 17.1 Å². The zero-order chi connectivity index (χ0) is 10.3. The number of fused-ring (bicyclic) bond motifs is 1.